The van der Waals surface area contributed by atoms with Crippen molar-refractivity contribution in [3.05, 3.63) is 45.8 Å². The summed E-state index contributed by atoms with van der Waals surface area (Å²) in [5.74, 6) is -0.909. The van der Waals surface area contributed by atoms with Crippen LogP contribution in [-0.4, -0.2) is 37.9 Å². The summed E-state index contributed by atoms with van der Waals surface area (Å²) in [7, 11) is 1.78. The van der Waals surface area contributed by atoms with Gasteiger partial charge in [-0.2, -0.15) is 0 Å². The van der Waals surface area contributed by atoms with Crippen molar-refractivity contribution in [2.45, 2.75) is 32.6 Å². The monoisotopic (exact) mass is 415 g/mol. The summed E-state index contributed by atoms with van der Waals surface area (Å²) in [4.78, 5) is 38.5. The van der Waals surface area contributed by atoms with Gasteiger partial charge >= 0.3 is 0 Å². The highest BCUT2D eigenvalue weighted by Crippen LogP contribution is 2.37. The molecule has 1 heterocycles. The van der Waals surface area contributed by atoms with Gasteiger partial charge in [-0.25, -0.2) is 0 Å². The number of carbonyl (C=O) groups is 3. The zero-order chi connectivity index (χ0) is 21.0. The molecule has 0 fully saturated rings. The summed E-state index contributed by atoms with van der Waals surface area (Å²) in [6.07, 6.45) is 3.85. The molecule has 0 radical (unpaired) electrons. The summed E-state index contributed by atoms with van der Waals surface area (Å²) >= 11 is 1.44. The van der Waals surface area contributed by atoms with E-state index in [9.17, 15) is 14.4 Å². The Balaban J connectivity index is 1.56. The van der Waals surface area contributed by atoms with Crippen molar-refractivity contribution in [2.24, 2.45) is 5.73 Å². The fourth-order valence-corrected chi connectivity index (χ4v) is 4.85. The number of hydrogen-bond donors (Lipinski definition) is 4. The van der Waals surface area contributed by atoms with Gasteiger partial charge in [-0.05, 0) is 50.3 Å². The Hall–Kier alpha value is -2.71. The van der Waals surface area contributed by atoms with Crippen LogP contribution in [0.15, 0.2) is 24.3 Å². The molecule has 0 aliphatic heterocycles. The van der Waals surface area contributed by atoms with Gasteiger partial charge in [0.2, 0.25) is 0 Å². The largest absolute Gasteiger partial charge is 0.365 e. The topological polar surface area (TPSA) is 106 Å². The molecule has 1 aromatic carbocycles. The van der Waals surface area contributed by atoms with E-state index in [0.29, 0.717) is 10.6 Å². The van der Waals surface area contributed by atoms with E-state index in [-0.39, 0.29) is 24.9 Å². The Labute approximate surface area is 174 Å². The Kier molecular flexibility index (Phi) is 6.66. The number of amides is 3. The predicted molar refractivity (Wildman–Crippen MR) is 115 cm³/mol. The zero-order valence-electron chi connectivity index (χ0n) is 16.8. The van der Waals surface area contributed by atoms with Gasteiger partial charge in [0.1, 0.15) is 5.00 Å². The first-order chi connectivity index (χ1) is 13.8. The van der Waals surface area contributed by atoms with E-state index < -0.39 is 5.91 Å². The molecule has 7 nitrogen and oxygen atoms in total. The van der Waals surface area contributed by atoms with E-state index >= 15 is 0 Å². The first kappa shape index (κ1) is 21.0. The molecule has 0 spiro atoms. The van der Waals surface area contributed by atoms with Crippen LogP contribution < -0.4 is 21.3 Å². The van der Waals surface area contributed by atoms with Crippen molar-refractivity contribution in [1.82, 2.24) is 0 Å². The second kappa shape index (κ2) is 9.19. The van der Waals surface area contributed by atoms with Crippen LogP contribution in [0.5, 0.6) is 0 Å². The van der Waals surface area contributed by atoms with Gasteiger partial charge in [0.25, 0.3) is 17.7 Å². The molecular formula is C21H27N4O3S+. The molecule has 3 rings (SSSR count). The Morgan fingerprint density at radius 2 is 1.66 bits per heavy atom. The number of likely N-dealkylation sites (N-methyl/N-ethyl adjacent to an activating group) is 1. The zero-order valence-corrected chi connectivity index (χ0v) is 17.6. The smallest absolute Gasteiger partial charge is 0.280 e. The maximum atomic E-state index is 12.5. The lowest BCUT2D eigenvalue weighted by molar-refractivity contribution is -0.862. The number of fused-ring (bicyclic) bond motifs is 1. The van der Waals surface area contributed by atoms with E-state index in [1.807, 2.05) is 31.2 Å². The maximum Gasteiger partial charge on any atom is 0.280 e. The van der Waals surface area contributed by atoms with Gasteiger partial charge in [0.15, 0.2) is 13.1 Å². The Bertz CT molecular complexity index is 921. The van der Waals surface area contributed by atoms with Gasteiger partial charge in [-0.1, -0.05) is 17.7 Å². The fourth-order valence-electron chi connectivity index (χ4n) is 3.54. The van der Waals surface area contributed by atoms with Crippen molar-refractivity contribution >= 4 is 39.7 Å². The number of nitrogens with two attached hydrogens (primary N) is 1. The number of anilines is 2. The predicted octanol–water partition coefficient (Wildman–Crippen LogP) is 1.13. The molecule has 2 aromatic rings. The molecule has 1 aliphatic carbocycles. The maximum absolute atomic E-state index is 12.5. The van der Waals surface area contributed by atoms with Crippen molar-refractivity contribution in [3.63, 3.8) is 0 Å². The third-order valence-corrected chi connectivity index (χ3v) is 6.14. The molecule has 0 saturated heterocycles. The summed E-state index contributed by atoms with van der Waals surface area (Å²) in [5.41, 5.74) is 8.85. The quantitative estimate of drug-likeness (QED) is 0.545. The number of benzene rings is 1. The molecule has 0 saturated carbocycles. The molecule has 154 valence electrons. The van der Waals surface area contributed by atoms with Crippen LogP contribution in [0.25, 0.3) is 0 Å². The van der Waals surface area contributed by atoms with Gasteiger partial charge in [0, 0.05) is 10.6 Å². The highest BCUT2D eigenvalue weighted by Gasteiger charge is 2.25. The summed E-state index contributed by atoms with van der Waals surface area (Å²) < 4.78 is 0. The van der Waals surface area contributed by atoms with E-state index in [1.54, 1.807) is 7.05 Å². The van der Waals surface area contributed by atoms with Crippen molar-refractivity contribution in [1.29, 1.82) is 0 Å². The second-order valence-corrected chi connectivity index (χ2v) is 8.66. The van der Waals surface area contributed by atoms with Gasteiger partial charge in [-0.3, -0.25) is 14.4 Å². The normalized spacial score (nSPS) is 14.0. The number of rotatable bonds is 7. The molecule has 3 amide bonds. The standard InChI is InChI=1S/C21H26N4O3S/c1-13-7-9-14(10-8-13)23-17(26)11-25(2)12-18(27)24-21-19(20(22)28)15-5-3-4-6-16(15)29-21/h7-10H,3-6,11-12H2,1-2H3,(H2,22,28)(H,23,26)(H,24,27)/p+1. The molecule has 1 aliphatic rings. The SMILES string of the molecule is Cc1ccc(NC(=O)C[NH+](C)CC(=O)Nc2sc3c(c2C(N)=O)CCCC3)cc1. The van der Waals surface area contributed by atoms with Crippen molar-refractivity contribution < 1.29 is 19.3 Å². The lowest BCUT2D eigenvalue weighted by atomic mass is 9.95. The third-order valence-electron chi connectivity index (χ3n) is 4.93. The van der Waals surface area contributed by atoms with E-state index in [1.165, 1.54) is 11.3 Å². The summed E-state index contributed by atoms with van der Waals surface area (Å²) in [5, 5.41) is 6.20. The molecule has 8 heteroatoms. The first-order valence-corrected chi connectivity index (χ1v) is 10.6. The molecule has 0 bridgehead atoms. The van der Waals surface area contributed by atoms with Crippen LogP contribution in [0.3, 0.4) is 0 Å². The highest BCUT2D eigenvalue weighted by molar-refractivity contribution is 7.17. The van der Waals surface area contributed by atoms with Crippen LogP contribution in [-0.2, 0) is 22.4 Å². The number of quaternary nitrogens is 1. The first-order valence-electron chi connectivity index (χ1n) is 9.75. The number of aryl methyl sites for hydroxylation is 2. The van der Waals surface area contributed by atoms with Crippen molar-refractivity contribution in [3.8, 4) is 0 Å². The second-order valence-electron chi connectivity index (χ2n) is 7.55. The Morgan fingerprint density at radius 1 is 1.03 bits per heavy atom. The van der Waals surface area contributed by atoms with E-state index in [2.05, 4.69) is 10.6 Å². The van der Waals surface area contributed by atoms with Crippen molar-refractivity contribution in [2.75, 3.05) is 30.8 Å². The Morgan fingerprint density at radius 3 is 2.31 bits per heavy atom. The highest BCUT2D eigenvalue weighted by atomic mass is 32.1. The minimum atomic E-state index is -0.502. The average Bonchev–Trinajstić information content (AvgIpc) is 3.01. The lowest BCUT2D eigenvalue weighted by Gasteiger charge is -2.14. The van der Waals surface area contributed by atoms with Crippen LogP contribution in [0.1, 0.15) is 39.2 Å². The lowest BCUT2D eigenvalue weighted by Crippen LogP contribution is -3.11. The van der Waals surface area contributed by atoms with Crippen LogP contribution in [0, 0.1) is 6.92 Å². The van der Waals surface area contributed by atoms with Gasteiger partial charge < -0.3 is 21.3 Å². The molecular weight excluding hydrogens is 388 g/mol. The third kappa shape index (κ3) is 5.42. The van der Waals surface area contributed by atoms with Gasteiger partial charge in [0.05, 0.1) is 12.6 Å². The summed E-state index contributed by atoms with van der Waals surface area (Å²) in [6.45, 7) is 2.25. The average molecular weight is 416 g/mol. The van der Waals surface area contributed by atoms with E-state index in [0.717, 1.165) is 52.3 Å². The van der Waals surface area contributed by atoms with Crippen LogP contribution in [0.2, 0.25) is 0 Å². The van der Waals surface area contributed by atoms with E-state index in [4.69, 9.17) is 5.73 Å². The van der Waals surface area contributed by atoms with Crippen LogP contribution >= 0.6 is 11.3 Å². The number of thiophene rings is 1. The minimum Gasteiger partial charge on any atom is -0.365 e. The number of carbonyl (C=O) groups excluding carboxylic acids is 3. The molecule has 1 unspecified atom stereocenters. The molecule has 1 aromatic heterocycles. The minimum absolute atomic E-state index is 0.113. The fraction of sp³-hybridized carbons (Fsp3) is 0.381. The molecule has 29 heavy (non-hydrogen) atoms. The van der Waals surface area contributed by atoms with Crippen LogP contribution in [0.4, 0.5) is 10.7 Å². The molecule has 5 N–H and O–H groups in total. The summed E-state index contributed by atoms with van der Waals surface area (Å²) in [6, 6.07) is 7.55. The molecule has 1 atom stereocenters. The number of primary amides is 1. The number of hydrogen-bond acceptors (Lipinski definition) is 4. The van der Waals surface area contributed by atoms with Gasteiger partial charge in [-0.15, -0.1) is 11.3 Å². The number of nitrogens with one attached hydrogen (secondary N) is 3.